The summed E-state index contributed by atoms with van der Waals surface area (Å²) in [5, 5.41) is 5.23. The van der Waals surface area contributed by atoms with Gasteiger partial charge in [0.1, 0.15) is 5.82 Å². The van der Waals surface area contributed by atoms with Crippen molar-refractivity contribution in [3.8, 4) is 0 Å². The lowest BCUT2D eigenvalue weighted by atomic mass is 10.1. The van der Waals surface area contributed by atoms with E-state index in [2.05, 4.69) is 10.6 Å². The molecular formula is C11H14ClFN2O. The Kier molecular flexibility index (Phi) is 5.64. The maximum atomic E-state index is 12.8. The van der Waals surface area contributed by atoms with E-state index in [9.17, 15) is 9.18 Å². The van der Waals surface area contributed by atoms with E-state index in [1.165, 1.54) is 12.1 Å². The number of hydrogen-bond acceptors (Lipinski definition) is 1. The number of carbonyl (C=O) groups excluding carboxylic acids is 1. The quantitative estimate of drug-likeness (QED) is 0.764. The Morgan fingerprint density at radius 3 is 2.75 bits per heavy atom. The highest BCUT2D eigenvalue weighted by Gasteiger charge is 1.99. The van der Waals surface area contributed by atoms with Crippen LogP contribution in [0.3, 0.4) is 0 Å². The number of halogens is 2. The van der Waals surface area contributed by atoms with Gasteiger partial charge in [0.15, 0.2) is 0 Å². The Morgan fingerprint density at radius 1 is 1.31 bits per heavy atom. The first-order valence-corrected chi connectivity index (χ1v) is 5.58. The van der Waals surface area contributed by atoms with E-state index in [1.54, 1.807) is 6.07 Å². The van der Waals surface area contributed by atoms with Crippen molar-refractivity contribution in [1.29, 1.82) is 0 Å². The Balaban J connectivity index is 2.22. The molecule has 0 radical (unpaired) electrons. The van der Waals surface area contributed by atoms with E-state index in [0.29, 0.717) is 25.4 Å². The van der Waals surface area contributed by atoms with Gasteiger partial charge in [0.25, 0.3) is 0 Å². The molecule has 2 amide bonds. The van der Waals surface area contributed by atoms with Crippen LogP contribution in [0.15, 0.2) is 24.3 Å². The van der Waals surface area contributed by atoms with Gasteiger partial charge in [-0.2, -0.15) is 0 Å². The highest BCUT2D eigenvalue weighted by atomic mass is 35.5. The van der Waals surface area contributed by atoms with E-state index in [-0.39, 0.29) is 11.8 Å². The third kappa shape index (κ3) is 4.98. The largest absolute Gasteiger partial charge is 0.338 e. The summed E-state index contributed by atoms with van der Waals surface area (Å²) in [4.78, 5) is 11.1. The van der Waals surface area contributed by atoms with E-state index >= 15 is 0 Å². The number of hydrogen-bond donors (Lipinski definition) is 2. The van der Waals surface area contributed by atoms with Crippen LogP contribution in [0.4, 0.5) is 9.18 Å². The van der Waals surface area contributed by atoms with Gasteiger partial charge in [-0.15, -0.1) is 11.6 Å². The molecule has 0 fully saturated rings. The molecule has 0 unspecified atom stereocenters. The zero-order chi connectivity index (χ0) is 11.8. The summed E-state index contributed by atoms with van der Waals surface area (Å²) in [6.07, 6.45) is 0.603. The van der Waals surface area contributed by atoms with Crippen molar-refractivity contribution in [2.24, 2.45) is 0 Å². The average molecular weight is 245 g/mol. The molecule has 0 atom stereocenters. The molecule has 5 heteroatoms. The number of carbonyl (C=O) groups is 1. The van der Waals surface area contributed by atoms with Crippen molar-refractivity contribution in [2.75, 3.05) is 19.0 Å². The molecular weight excluding hydrogens is 231 g/mol. The molecule has 88 valence electrons. The molecule has 0 saturated carbocycles. The van der Waals surface area contributed by atoms with Gasteiger partial charge in [-0.05, 0) is 24.1 Å². The van der Waals surface area contributed by atoms with E-state index < -0.39 is 0 Å². The Bertz CT molecular complexity index is 347. The van der Waals surface area contributed by atoms with Crippen molar-refractivity contribution in [2.45, 2.75) is 6.42 Å². The lowest BCUT2D eigenvalue weighted by molar-refractivity contribution is 0.241. The molecule has 0 aromatic heterocycles. The van der Waals surface area contributed by atoms with E-state index in [1.807, 2.05) is 6.07 Å². The van der Waals surface area contributed by atoms with Crippen molar-refractivity contribution >= 4 is 17.6 Å². The Morgan fingerprint density at radius 2 is 2.06 bits per heavy atom. The highest BCUT2D eigenvalue weighted by Crippen LogP contribution is 2.03. The molecule has 2 N–H and O–H groups in total. The SMILES string of the molecule is O=C(NCCCl)NCCc1cccc(F)c1. The first-order valence-electron chi connectivity index (χ1n) is 5.04. The summed E-state index contributed by atoms with van der Waals surface area (Å²) >= 11 is 5.41. The third-order valence-corrected chi connectivity index (χ3v) is 2.16. The lowest BCUT2D eigenvalue weighted by Gasteiger charge is -2.06. The monoisotopic (exact) mass is 244 g/mol. The fourth-order valence-electron chi connectivity index (χ4n) is 1.24. The first-order chi connectivity index (χ1) is 7.72. The minimum atomic E-state index is -0.260. The molecule has 16 heavy (non-hydrogen) atoms. The van der Waals surface area contributed by atoms with Gasteiger partial charge in [-0.1, -0.05) is 12.1 Å². The molecule has 0 aliphatic rings. The summed E-state index contributed by atoms with van der Waals surface area (Å²) in [6, 6.07) is 6.07. The predicted molar refractivity (Wildman–Crippen MR) is 62.2 cm³/mol. The van der Waals surface area contributed by atoms with Crippen LogP contribution in [-0.2, 0) is 6.42 Å². The summed E-state index contributed by atoms with van der Waals surface area (Å²) in [5.74, 6) is 0.126. The second-order valence-corrected chi connectivity index (χ2v) is 3.63. The molecule has 1 rings (SSSR count). The highest BCUT2D eigenvalue weighted by molar-refractivity contribution is 6.18. The smallest absolute Gasteiger partial charge is 0.314 e. The Hall–Kier alpha value is -1.29. The summed E-state index contributed by atoms with van der Waals surface area (Å²) < 4.78 is 12.8. The normalized spacial score (nSPS) is 9.88. The molecule has 0 aliphatic heterocycles. The molecule has 1 aromatic rings. The van der Waals surface area contributed by atoms with Crippen molar-refractivity contribution in [1.82, 2.24) is 10.6 Å². The first kappa shape index (κ1) is 12.8. The predicted octanol–water partition coefficient (Wildman–Crippen LogP) is 1.91. The second kappa shape index (κ2) is 7.06. The van der Waals surface area contributed by atoms with Gasteiger partial charge in [-0.25, -0.2) is 9.18 Å². The number of rotatable bonds is 5. The third-order valence-electron chi connectivity index (χ3n) is 1.97. The number of alkyl halides is 1. The molecule has 0 spiro atoms. The number of nitrogens with one attached hydrogen (secondary N) is 2. The van der Waals surface area contributed by atoms with Crippen LogP contribution in [0.1, 0.15) is 5.56 Å². The fourth-order valence-corrected chi connectivity index (χ4v) is 1.33. The number of benzene rings is 1. The zero-order valence-electron chi connectivity index (χ0n) is 8.80. The van der Waals surface area contributed by atoms with Crippen molar-refractivity contribution in [3.05, 3.63) is 35.6 Å². The second-order valence-electron chi connectivity index (χ2n) is 3.25. The summed E-state index contributed by atoms with van der Waals surface area (Å²) in [6.45, 7) is 0.908. The van der Waals surface area contributed by atoms with Crippen LogP contribution in [0.25, 0.3) is 0 Å². The van der Waals surface area contributed by atoms with E-state index in [0.717, 1.165) is 5.56 Å². The van der Waals surface area contributed by atoms with Gasteiger partial charge in [0.05, 0.1) is 0 Å². The molecule has 0 aliphatic carbocycles. The van der Waals surface area contributed by atoms with Crippen LogP contribution in [0.2, 0.25) is 0 Å². The maximum absolute atomic E-state index is 12.8. The van der Waals surface area contributed by atoms with Gasteiger partial charge in [0.2, 0.25) is 0 Å². The van der Waals surface area contributed by atoms with Crippen molar-refractivity contribution < 1.29 is 9.18 Å². The summed E-state index contributed by atoms with van der Waals surface area (Å²) in [5.41, 5.74) is 0.859. The van der Waals surface area contributed by atoms with Crippen LogP contribution in [0, 0.1) is 5.82 Å². The number of amides is 2. The lowest BCUT2D eigenvalue weighted by Crippen LogP contribution is -2.37. The van der Waals surface area contributed by atoms with Crippen LogP contribution in [0.5, 0.6) is 0 Å². The number of urea groups is 1. The fraction of sp³-hybridized carbons (Fsp3) is 0.364. The van der Waals surface area contributed by atoms with Gasteiger partial charge >= 0.3 is 6.03 Å². The zero-order valence-corrected chi connectivity index (χ0v) is 9.56. The molecule has 3 nitrogen and oxygen atoms in total. The Labute approximate surface area is 99.0 Å². The van der Waals surface area contributed by atoms with Crippen LogP contribution < -0.4 is 10.6 Å². The van der Waals surface area contributed by atoms with Gasteiger partial charge in [0, 0.05) is 19.0 Å². The summed E-state index contributed by atoms with van der Waals surface area (Å²) in [7, 11) is 0. The maximum Gasteiger partial charge on any atom is 0.314 e. The van der Waals surface area contributed by atoms with E-state index in [4.69, 9.17) is 11.6 Å². The molecule has 0 saturated heterocycles. The topological polar surface area (TPSA) is 41.1 Å². The average Bonchev–Trinajstić information content (AvgIpc) is 2.26. The van der Waals surface area contributed by atoms with Crippen LogP contribution in [-0.4, -0.2) is 25.0 Å². The van der Waals surface area contributed by atoms with Gasteiger partial charge < -0.3 is 10.6 Å². The molecule has 0 bridgehead atoms. The molecule has 1 aromatic carbocycles. The van der Waals surface area contributed by atoms with Crippen LogP contribution >= 0.6 is 11.6 Å². The van der Waals surface area contributed by atoms with Crippen molar-refractivity contribution in [3.63, 3.8) is 0 Å². The minimum absolute atomic E-state index is 0.253. The standard InChI is InChI=1S/C11H14ClFN2O/c12-5-7-15-11(16)14-6-4-9-2-1-3-10(13)8-9/h1-3,8H,4-7H2,(H2,14,15,16). The van der Waals surface area contributed by atoms with Gasteiger partial charge in [-0.3, -0.25) is 0 Å². The molecule has 0 heterocycles. The minimum Gasteiger partial charge on any atom is -0.338 e.